The zero-order valence-corrected chi connectivity index (χ0v) is 7.98. The summed E-state index contributed by atoms with van der Waals surface area (Å²) in [5, 5.41) is 0. The van der Waals surface area contributed by atoms with Crippen molar-refractivity contribution < 1.29 is 9.47 Å². The second kappa shape index (κ2) is 4.19. The zero-order chi connectivity index (χ0) is 9.03. The number of likely N-dealkylation sites (tertiary alicyclic amines) is 1. The topological polar surface area (TPSA) is 12.5 Å². The third kappa shape index (κ3) is 1.62. The quantitative estimate of drug-likeness (QED) is 0.649. The van der Waals surface area contributed by atoms with Gasteiger partial charge >= 0.3 is 0 Å². The second-order valence-electron chi connectivity index (χ2n) is 3.51. The average molecular weight is 175 g/mol. The molecule has 1 rings (SSSR count). The molecule has 0 bridgehead atoms. The van der Waals surface area contributed by atoms with Gasteiger partial charge in [-0.15, -0.1) is 0 Å². The molecule has 1 heterocycles. The second-order valence-corrected chi connectivity index (χ2v) is 3.51. The summed E-state index contributed by atoms with van der Waals surface area (Å²) in [5.41, 5.74) is -0.0104. The summed E-state index contributed by atoms with van der Waals surface area (Å²) in [4.78, 5) is 6.14. The first kappa shape index (κ1) is 9.93. The van der Waals surface area contributed by atoms with Crippen LogP contribution in [0.1, 0.15) is 33.1 Å². The van der Waals surface area contributed by atoms with E-state index in [0.717, 1.165) is 25.9 Å². The van der Waals surface area contributed by atoms with Crippen LogP contribution in [0.4, 0.5) is 4.53 Å². The first-order valence-electron chi connectivity index (χ1n) is 4.77. The molecule has 1 aliphatic heterocycles. The van der Waals surface area contributed by atoms with E-state index >= 15 is 0 Å². The lowest BCUT2D eigenvalue weighted by Crippen LogP contribution is -2.46. The van der Waals surface area contributed by atoms with Crippen LogP contribution in [0.15, 0.2) is 0 Å². The van der Waals surface area contributed by atoms with E-state index < -0.39 is 0 Å². The third-order valence-corrected chi connectivity index (χ3v) is 3.10. The summed E-state index contributed by atoms with van der Waals surface area (Å²) in [6.07, 6.45) is 3.22. The summed E-state index contributed by atoms with van der Waals surface area (Å²) in [7, 11) is 0. The highest BCUT2D eigenvalue weighted by Crippen LogP contribution is 2.32. The monoisotopic (exact) mass is 175 g/mol. The van der Waals surface area contributed by atoms with Crippen molar-refractivity contribution in [3.63, 3.8) is 0 Å². The highest BCUT2D eigenvalue weighted by atomic mass is 19.3. The average Bonchev–Trinajstić information content (AvgIpc) is 2.49. The first-order valence-corrected chi connectivity index (χ1v) is 4.77. The minimum atomic E-state index is -0.0104. The number of nitrogens with zero attached hydrogens (tertiary/aromatic N) is 1. The maximum absolute atomic E-state index is 11.9. The number of halogens is 1. The van der Waals surface area contributed by atoms with Crippen molar-refractivity contribution in [3.05, 3.63) is 0 Å². The fourth-order valence-corrected chi connectivity index (χ4v) is 2.26. The molecule has 1 saturated heterocycles. The van der Waals surface area contributed by atoms with Gasteiger partial charge in [-0.3, -0.25) is 4.90 Å². The van der Waals surface area contributed by atoms with Crippen LogP contribution in [0.25, 0.3) is 0 Å². The molecule has 2 nitrogen and oxygen atoms in total. The van der Waals surface area contributed by atoms with Crippen LogP contribution in [0.3, 0.4) is 0 Å². The smallest absolute Gasteiger partial charge is 0.106 e. The SMILES string of the molecule is CCN1CCCC1(CC)COF. The highest BCUT2D eigenvalue weighted by Gasteiger charge is 2.38. The van der Waals surface area contributed by atoms with E-state index in [1.54, 1.807) is 0 Å². The molecule has 72 valence electrons. The van der Waals surface area contributed by atoms with Crippen LogP contribution in [0, 0.1) is 0 Å². The van der Waals surface area contributed by atoms with E-state index in [4.69, 9.17) is 0 Å². The van der Waals surface area contributed by atoms with Gasteiger partial charge in [-0.25, -0.2) is 0 Å². The van der Waals surface area contributed by atoms with Crippen LogP contribution in [-0.2, 0) is 4.94 Å². The Kier molecular flexibility index (Phi) is 3.47. The maximum atomic E-state index is 11.9. The Hall–Kier alpha value is -0.150. The predicted molar refractivity (Wildman–Crippen MR) is 46.6 cm³/mol. The Balaban J connectivity index is 2.61. The van der Waals surface area contributed by atoms with Crippen LogP contribution in [0.2, 0.25) is 0 Å². The molecule has 0 N–H and O–H groups in total. The minimum absolute atomic E-state index is 0.0104. The lowest BCUT2D eigenvalue weighted by molar-refractivity contribution is -0.165. The third-order valence-electron chi connectivity index (χ3n) is 3.10. The summed E-state index contributed by atoms with van der Waals surface area (Å²) < 4.78 is 11.9. The largest absolute Gasteiger partial charge is 0.296 e. The van der Waals surface area contributed by atoms with Crippen LogP contribution >= 0.6 is 0 Å². The molecule has 0 aromatic carbocycles. The molecule has 0 aromatic heterocycles. The molecule has 1 unspecified atom stereocenters. The fourth-order valence-electron chi connectivity index (χ4n) is 2.26. The number of hydrogen-bond acceptors (Lipinski definition) is 2. The van der Waals surface area contributed by atoms with Gasteiger partial charge < -0.3 is 0 Å². The van der Waals surface area contributed by atoms with Gasteiger partial charge in [0, 0.05) is 5.54 Å². The van der Waals surface area contributed by atoms with Crippen molar-refractivity contribution in [1.29, 1.82) is 0 Å². The van der Waals surface area contributed by atoms with E-state index in [1.807, 2.05) is 0 Å². The molecule has 1 fully saturated rings. The number of rotatable bonds is 4. The number of likely N-dealkylation sites (N-methyl/N-ethyl adjacent to an activating group) is 1. The Bertz CT molecular complexity index is 142. The molecule has 1 aliphatic rings. The summed E-state index contributed by atoms with van der Waals surface area (Å²) >= 11 is 0. The molecule has 0 radical (unpaired) electrons. The van der Waals surface area contributed by atoms with Gasteiger partial charge in [-0.05, 0) is 36.9 Å². The standard InChI is InChI=1S/C9H18FNO/c1-3-9(8-12-10)6-5-7-11(9)4-2/h3-8H2,1-2H3. The van der Waals surface area contributed by atoms with Crippen LogP contribution in [0.5, 0.6) is 0 Å². The van der Waals surface area contributed by atoms with Crippen molar-refractivity contribution in [1.82, 2.24) is 4.90 Å². The zero-order valence-electron chi connectivity index (χ0n) is 7.98. The van der Waals surface area contributed by atoms with Gasteiger partial charge in [0.15, 0.2) is 0 Å². The lowest BCUT2D eigenvalue weighted by Gasteiger charge is -2.35. The molecule has 1 atom stereocenters. The molecule has 0 amide bonds. The maximum Gasteiger partial charge on any atom is 0.106 e. The van der Waals surface area contributed by atoms with Crippen molar-refractivity contribution in [2.24, 2.45) is 0 Å². The predicted octanol–water partition coefficient (Wildman–Crippen LogP) is 2.15. The lowest BCUT2D eigenvalue weighted by atomic mass is 9.94. The number of hydrogen-bond donors (Lipinski definition) is 0. The van der Waals surface area contributed by atoms with Crippen LogP contribution in [-0.4, -0.2) is 30.1 Å². The van der Waals surface area contributed by atoms with E-state index in [-0.39, 0.29) is 12.1 Å². The van der Waals surface area contributed by atoms with E-state index in [1.165, 1.54) is 6.42 Å². The molecule has 3 heteroatoms. The van der Waals surface area contributed by atoms with Crippen molar-refractivity contribution in [2.45, 2.75) is 38.6 Å². The summed E-state index contributed by atoms with van der Waals surface area (Å²) in [6.45, 7) is 6.54. The van der Waals surface area contributed by atoms with Gasteiger partial charge in [0.05, 0.1) is 0 Å². The Morgan fingerprint density at radius 1 is 1.50 bits per heavy atom. The van der Waals surface area contributed by atoms with E-state index in [2.05, 4.69) is 23.7 Å². The van der Waals surface area contributed by atoms with Crippen molar-refractivity contribution in [2.75, 3.05) is 19.7 Å². The molecule has 0 aliphatic carbocycles. The van der Waals surface area contributed by atoms with E-state index in [0.29, 0.717) is 0 Å². The van der Waals surface area contributed by atoms with Gasteiger partial charge in [0.25, 0.3) is 0 Å². The van der Waals surface area contributed by atoms with Gasteiger partial charge in [-0.2, -0.15) is 4.94 Å². The van der Waals surface area contributed by atoms with Crippen LogP contribution < -0.4 is 0 Å². The van der Waals surface area contributed by atoms with Gasteiger partial charge in [0.1, 0.15) is 6.61 Å². The van der Waals surface area contributed by atoms with Gasteiger partial charge in [-0.1, -0.05) is 13.8 Å². The summed E-state index contributed by atoms with van der Waals surface area (Å²) in [6, 6.07) is 0. The Morgan fingerprint density at radius 2 is 2.25 bits per heavy atom. The van der Waals surface area contributed by atoms with Gasteiger partial charge in [0.2, 0.25) is 0 Å². The Morgan fingerprint density at radius 3 is 2.75 bits per heavy atom. The Labute approximate surface area is 73.6 Å². The highest BCUT2D eigenvalue weighted by molar-refractivity contribution is 4.93. The first-order chi connectivity index (χ1) is 5.79. The van der Waals surface area contributed by atoms with Crippen molar-refractivity contribution >= 4 is 0 Å². The molecule has 0 aromatic rings. The normalized spacial score (nSPS) is 31.2. The molecule has 0 saturated carbocycles. The molecule has 12 heavy (non-hydrogen) atoms. The molecular formula is C9H18FNO. The van der Waals surface area contributed by atoms with Crippen molar-refractivity contribution in [3.8, 4) is 0 Å². The minimum Gasteiger partial charge on any atom is -0.296 e. The fraction of sp³-hybridized carbons (Fsp3) is 1.00. The molecular weight excluding hydrogens is 157 g/mol. The summed E-state index contributed by atoms with van der Waals surface area (Å²) in [5.74, 6) is 0. The van der Waals surface area contributed by atoms with E-state index in [9.17, 15) is 4.53 Å². The molecule has 0 spiro atoms.